The second-order valence-corrected chi connectivity index (χ2v) is 5.25. The number of carbonyl (C=O) groups excluding carboxylic acids is 1. The molecular formula is C14H17NO2. The quantitative estimate of drug-likeness (QED) is 0.686. The van der Waals surface area contributed by atoms with Crippen molar-refractivity contribution in [3.63, 3.8) is 0 Å². The summed E-state index contributed by atoms with van der Waals surface area (Å²) in [7, 11) is 1.84. The maximum absolute atomic E-state index is 12.0. The van der Waals surface area contributed by atoms with Crippen LogP contribution in [0.5, 0.6) is 5.75 Å². The standard InChI is InChI=1S/C14H17NO2/c1-9-11-8-13(16)15(3)14(9,2)17-12-7-5-4-6-10(11)12/h4-7,9,11H,8H2,1-3H3. The Kier molecular flexibility index (Phi) is 2.03. The molecule has 3 unspecified atom stereocenters. The largest absolute Gasteiger partial charge is 0.468 e. The topological polar surface area (TPSA) is 29.5 Å². The van der Waals surface area contributed by atoms with Crippen molar-refractivity contribution in [2.24, 2.45) is 5.92 Å². The summed E-state index contributed by atoms with van der Waals surface area (Å²) in [6.07, 6.45) is 0.591. The highest BCUT2D eigenvalue weighted by Crippen LogP contribution is 2.50. The molecule has 1 aromatic rings. The maximum atomic E-state index is 12.0. The minimum atomic E-state index is -0.506. The van der Waals surface area contributed by atoms with Crippen molar-refractivity contribution in [3.05, 3.63) is 29.8 Å². The molecule has 1 amide bonds. The van der Waals surface area contributed by atoms with Gasteiger partial charge in [-0.25, -0.2) is 0 Å². The van der Waals surface area contributed by atoms with Crippen LogP contribution in [-0.4, -0.2) is 23.6 Å². The van der Waals surface area contributed by atoms with Crippen molar-refractivity contribution in [3.8, 4) is 5.75 Å². The van der Waals surface area contributed by atoms with Gasteiger partial charge >= 0.3 is 0 Å². The van der Waals surface area contributed by atoms with Crippen molar-refractivity contribution < 1.29 is 9.53 Å². The van der Waals surface area contributed by atoms with E-state index in [1.807, 2.05) is 32.2 Å². The van der Waals surface area contributed by atoms with Crippen LogP contribution < -0.4 is 4.74 Å². The number of likely N-dealkylation sites (tertiary alicyclic amines) is 1. The van der Waals surface area contributed by atoms with E-state index in [9.17, 15) is 4.79 Å². The number of amides is 1. The first-order valence-electron chi connectivity index (χ1n) is 6.08. The first-order valence-corrected chi connectivity index (χ1v) is 6.08. The molecule has 1 fully saturated rings. The Morgan fingerprint density at radius 1 is 1.41 bits per heavy atom. The van der Waals surface area contributed by atoms with Crippen molar-refractivity contribution in [1.82, 2.24) is 4.90 Å². The Balaban J connectivity index is 2.17. The molecule has 17 heavy (non-hydrogen) atoms. The van der Waals surface area contributed by atoms with E-state index in [-0.39, 0.29) is 11.8 Å². The molecule has 0 aliphatic carbocycles. The number of nitrogens with zero attached hydrogens (tertiary/aromatic N) is 1. The van der Waals surface area contributed by atoms with Gasteiger partial charge < -0.3 is 9.64 Å². The van der Waals surface area contributed by atoms with Gasteiger partial charge in [0.2, 0.25) is 5.91 Å². The zero-order chi connectivity index (χ0) is 12.2. The fraction of sp³-hybridized carbons (Fsp3) is 0.500. The average Bonchev–Trinajstić information content (AvgIpc) is 2.32. The van der Waals surface area contributed by atoms with Gasteiger partial charge in [0.15, 0.2) is 5.72 Å². The highest BCUT2D eigenvalue weighted by atomic mass is 16.5. The van der Waals surface area contributed by atoms with Crippen LogP contribution in [0.4, 0.5) is 0 Å². The number of piperidine rings is 1. The first kappa shape index (κ1) is 10.6. The molecule has 3 rings (SSSR count). The molecule has 0 aromatic heterocycles. The summed E-state index contributed by atoms with van der Waals surface area (Å²) in [5.41, 5.74) is 0.674. The van der Waals surface area contributed by atoms with Gasteiger partial charge in [-0.3, -0.25) is 4.79 Å². The number of rotatable bonds is 0. The fourth-order valence-corrected chi connectivity index (χ4v) is 3.07. The SMILES string of the molecule is CC1C2CC(=O)N(C)C1(C)Oc1ccccc12. The molecule has 0 radical (unpaired) electrons. The Bertz CT molecular complexity index is 485. The number of benzene rings is 1. The van der Waals surface area contributed by atoms with E-state index >= 15 is 0 Å². The third-order valence-electron chi connectivity index (χ3n) is 4.52. The van der Waals surface area contributed by atoms with Crippen LogP contribution in [0.25, 0.3) is 0 Å². The predicted molar refractivity (Wildman–Crippen MR) is 64.8 cm³/mol. The Labute approximate surface area is 101 Å². The summed E-state index contributed by atoms with van der Waals surface area (Å²) >= 11 is 0. The van der Waals surface area contributed by atoms with Gasteiger partial charge in [-0.2, -0.15) is 0 Å². The Morgan fingerprint density at radius 2 is 2.12 bits per heavy atom. The molecule has 0 spiro atoms. The molecule has 2 aliphatic heterocycles. The van der Waals surface area contributed by atoms with E-state index in [0.29, 0.717) is 12.3 Å². The summed E-state index contributed by atoms with van der Waals surface area (Å²) in [6, 6.07) is 8.07. The molecule has 3 nitrogen and oxygen atoms in total. The summed E-state index contributed by atoms with van der Waals surface area (Å²) < 4.78 is 6.09. The van der Waals surface area contributed by atoms with E-state index in [0.717, 1.165) is 5.75 Å². The van der Waals surface area contributed by atoms with Crippen LogP contribution in [0.15, 0.2) is 24.3 Å². The molecule has 2 bridgehead atoms. The average molecular weight is 231 g/mol. The number of ether oxygens (including phenoxy) is 1. The highest BCUT2D eigenvalue weighted by molar-refractivity contribution is 5.79. The van der Waals surface area contributed by atoms with Gasteiger partial charge in [-0.05, 0) is 18.6 Å². The number of carbonyl (C=O) groups is 1. The van der Waals surface area contributed by atoms with Gasteiger partial charge in [-0.1, -0.05) is 25.1 Å². The molecule has 90 valence electrons. The molecule has 1 aromatic carbocycles. The van der Waals surface area contributed by atoms with Crippen molar-refractivity contribution in [2.45, 2.75) is 31.9 Å². The Morgan fingerprint density at radius 3 is 2.88 bits per heavy atom. The van der Waals surface area contributed by atoms with Crippen LogP contribution in [0.3, 0.4) is 0 Å². The summed E-state index contributed by atoms with van der Waals surface area (Å²) in [5.74, 6) is 1.70. The van der Waals surface area contributed by atoms with E-state index in [1.54, 1.807) is 4.90 Å². The molecule has 1 saturated heterocycles. The highest BCUT2D eigenvalue weighted by Gasteiger charge is 2.52. The normalized spacial score (nSPS) is 35.2. The van der Waals surface area contributed by atoms with E-state index in [2.05, 4.69) is 13.0 Å². The first-order chi connectivity index (χ1) is 8.04. The Hall–Kier alpha value is -1.51. The molecule has 2 heterocycles. The summed E-state index contributed by atoms with van der Waals surface area (Å²) in [5, 5.41) is 0. The second kappa shape index (κ2) is 3.25. The minimum absolute atomic E-state index is 0.171. The van der Waals surface area contributed by atoms with Gasteiger partial charge in [-0.15, -0.1) is 0 Å². The number of para-hydroxylation sites is 1. The van der Waals surface area contributed by atoms with Crippen LogP contribution >= 0.6 is 0 Å². The lowest BCUT2D eigenvalue weighted by atomic mass is 9.73. The van der Waals surface area contributed by atoms with Gasteiger partial charge in [0, 0.05) is 25.3 Å². The summed E-state index contributed by atoms with van der Waals surface area (Å²) in [6.45, 7) is 4.18. The minimum Gasteiger partial charge on any atom is -0.468 e. The van der Waals surface area contributed by atoms with E-state index in [4.69, 9.17) is 4.74 Å². The van der Waals surface area contributed by atoms with Gasteiger partial charge in [0.25, 0.3) is 0 Å². The van der Waals surface area contributed by atoms with E-state index in [1.165, 1.54) is 5.56 Å². The van der Waals surface area contributed by atoms with Crippen molar-refractivity contribution in [1.29, 1.82) is 0 Å². The lowest BCUT2D eigenvalue weighted by Gasteiger charge is -2.53. The third kappa shape index (κ3) is 1.25. The van der Waals surface area contributed by atoms with Crippen LogP contribution in [0.1, 0.15) is 31.7 Å². The van der Waals surface area contributed by atoms with Crippen molar-refractivity contribution in [2.75, 3.05) is 7.05 Å². The molecule has 0 saturated carbocycles. The zero-order valence-corrected chi connectivity index (χ0v) is 10.4. The van der Waals surface area contributed by atoms with E-state index < -0.39 is 5.72 Å². The monoisotopic (exact) mass is 231 g/mol. The molecule has 2 aliphatic rings. The smallest absolute Gasteiger partial charge is 0.225 e. The molecule has 3 heteroatoms. The zero-order valence-electron chi connectivity index (χ0n) is 10.4. The predicted octanol–water partition coefficient (Wildman–Crippen LogP) is 2.38. The molecular weight excluding hydrogens is 214 g/mol. The lowest BCUT2D eigenvalue weighted by Crippen LogP contribution is -2.62. The van der Waals surface area contributed by atoms with Crippen molar-refractivity contribution >= 4 is 5.91 Å². The lowest BCUT2D eigenvalue weighted by molar-refractivity contribution is -0.173. The molecule has 3 atom stereocenters. The molecule has 0 N–H and O–H groups in total. The number of hydrogen-bond donors (Lipinski definition) is 0. The fourth-order valence-electron chi connectivity index (χ4n) is 3.07. The maximum Gasteiger partial charge on any atom is 0.225 e. The third-order valence-corrected chi connectivity index (χ3v) is 4.52. The summed E-state index contributed by atoms with van der Waals surface area (Å²) in [4.78, 5) is 13.8. The van der Waals surface area contributed by atoms with Crippen LogP contribution in [-0.2, 0) is 4.79 Å². The van der Waals surface area contributed by atoms with Gasteiger partial charge in [0.1, 0.15) is 5.75 Å². The van der Waals surface area contributed by atoms with Crippen LogP contribution in [0, 0.1) is 5.92 Å². The number of fused-ring (bicyclic) bond motifs is 4. The van der Waals surface area contributed by atoms with Crippen LogP contribution in [0.2, 0.25) is 0 Å². The second-order valence-electron chi connectivity index (χ2n) is 5.25. The number of hydrogen-bond acceptors (Lipinski definition) is 2. The van der Waals surface area contributed by atoms with Gasteiger partial charge in [0.05, 0.1) is 0 Å².